The molecule has 0 bridgehead atoms. The Morgan fingerprint density at radius 1 is 1.38 bits per heavy atom. The third kappa shape index (κ3) is 2.02. The molecule has 3 heteroatoms. The number of halogens is 1. The van der Waals surface area contributed by atoms with Gasteiger partial charge in [0, 0.05) is 25.2 Å². The van der Waals surface area contributed by atoms with E-state index in [2.05, 4.69) is 25.7 Å². The van der Waals surface area contributed by atoms with Gasteiger partial charge in [0.15, 0.2) is 0 Å². The molecule has 0 aliphatic carbocycles. The van der Waals surface area contributed by atoms with Crippen molar-refractivity contribution >= 4 is 0 Å². The van der Waals surface area contributed by atoms with E-state index >= 15 is 0 Å². The Bertz CT molecular complexity index is 178. The summed E-state index contributed by atoms with van der Waals surface area (Å²) in [4.78, 5) is 2.16. The van der Waals surface area contributed by atoms with Gasteiger partial charge in [0.05, 0.1) is 0 Å². The van der Waals surface area contributed by atoms with E-state index in [1.165, 1.54) is 0 Å². The van der Waals surface area contributed by atoms with Crippen LogP contribution < -0.4 is 0 Å². The number of likely N-dealkylation sites (tertiary alicyclic amines) is 1. The average Bonchev–Trinajstić information content (AvgIpc) is 2.25. The van der Waals surface area contributed by atoms with Crippen LogP contribution in [0.15, 0.2) is 0 Å². The van der Waals surface area contributed by atoms with E-state index in [-0.39, 0.29) is 17.7 Å². The molecule has 2 nitrogen and oxygen atoms in total. The molecule has 0 radical (unpaired) electrons. The van der Waals surface area contributed by atoms with Crippen molar-refractivity contribution in [2.75, 3.05) is 13.7 Å². The summed E-state index contributed by atoms with van der Waals surface area (Å²) in [6.07, 6.45) is -1.11. The zero-order valence-corrected chi connectivity index (χ0v) is 9.17. The van der Waals surface area contributed by atoms with Crippen molar-refractivity contribution in [3.8, 4) is 0 Å². The number of hydrogen-bond acceptors (Lipinski definition) is 2. The van der Waals surface area contributed by atoms with Gasteiger partial charge >= 0.3 is 0 Å². The highest BCUT2D eigenvalue weighted by Crippen LogP contribution is 2.29. The maximum Gasteiger partial charge on any atom is 0.140 e. The lowest BCUT2D eigenvalue weighted by Crippen LogP contribution is -2.45. The van der Waals surface area contributed by atoms with Crippen LogP contribution in [0.1, 0.15) is 27.7 Å². The molecule has 0 spiro atoms. The van der Waals surface area contributed by atoms with E-state index in [9.17, 15) is 4.39 Å². The van der Waals surface area contributed by atoms with Crippen LogP contribution in [0.3, 0.4) is 0 Å². The van der Waals surface area contributed by atoms with Gasteiger partial charge in [-0.1, -0.05) is 0 Å². The first-order valence-corrected chi connectivity index (χ1v) is 4.81. The Morgan fingerprint density at radius 2 is 1.92 bits per heavy atom. The molecule has 0 unspecified atom stereocenters. The van der Waals surface area contributed by atoms with Gasteiger partial charge in [-0.2, -0.15) is 0 Å². The molecular formula is C10H20FNO. The van der Waals surface area contributed by atoms with Crippen molar-refractivity contribution in [3.63, 3.8) is 0 Å². The summed E-state index contributed by atoms with van der Waals surface area (Å²) in [5.74, 6) is 0. The van der Waals surface area contributed by atoms with Crippen molar-refractivity contribution in [2.24, 2.45) is 0 Å². The van der Waals surface area contributed by atoms with E-state index in [1.54, 1.807) is 7.11 Å². The molecule has 1 heterocycles. The lowest BCUT2D eigenvalue weighted by atomic mass is 10.0. The van der Waals surface area contributed by atoms with Crippen LogP contribution in [-0.2, 0) is 4.74 Å². The third-order valence-electron chi connectivity index (χ3n) is 2.83. The number of rotatable bonds is 1. The Labute approximate surface area is 80.1 Å². The first kappa shape index (κ1) is 10.9. The molecule has 1 fully saturated rings. The van der Waals surface area contributed by atoms with E-state index in [0.717, 1.165) is 0 Å². The fourth-order valence-electron chi connectivity index (χ4n) is 2.17. The van der Waals surface area contributed by atoms with Crippen LogP contribution in [-0.4, -0.2) is 42.4 Å². The zero-order valence-electron chi connectivity index (χ0n) is 9.17. The van der Waals surface area contributed by atoms with E-state index in [4.69, 9.17) is 4.74 Å². The number of nitrogens with zero attached hydrogens (tertiary/aromatic N) is 1. The lowest BCUT2D eigenvalue weighted by Gasteiger charge is -2.35. The summed E-state index contributed by atoms with van der Waals surface area (Å²) in [7, 11) is 1.58. The molecule has 78 valence electrons. The highest BCUT2D eigenvalue weighted by Gasteiger charge is 2.43. The number of alkyl halides is 1. The Kier molecular flexibility index (Phi) is 2.98. The fourth-order valence-corrected chi connectivity index (χ4v) is 2.17. The van der Waals surface area contributed by atoms with Gasteiger partial charge in [-0.15, -0.1) is 0 Å². The maximum atomic E-state index is 13.5. The largest absolute Gasteiger partial charge is 0.377 e. The van der Waals surface area contributed by atoms with E-state index in [0.29, 0.717) is 6.54 Å². The third-order valence-corrected chi connectivity index (χ3v) is 2.83. The van der Waals surface area contributed by atoms with Gasteiger partial charge in [0.1, 0.15) is 12.3 Å². The summed E-state index contributed by atoms with van der Waals surface area (Å²) < 4.78 is 18.6. The van der Waals surface area contributed by atoms with Crippen LogP contribution in [0, 0.1) is 0 Å². The average molecular weight is 189 g/mol. The summed E-state index contributed by atoms with van der Waals surface area (Å²) >= 11 is 0. The molecule has 0 aromatic carbocycles. The van der Waals surface area contributed by atoms with Crippen LogP contribution >= 0.6 is 0 Å². The quantitative estimate of drug-likeness (QED) is 0.624. The molecule has 1 aliphatic heterocycles. The SMILES string of the molecule is CO[C@@H]1[C@H](F)CN(C(C)(C)C)[C@@H]1C. The minimum absolute atomic E-state index is 0.0248. The first-order chi connectivity index (χ1) is 5.88. The van der Waals surface area contributed by atoms with Crippen LogP contribution in [0.4, 0.5) is 4.39 Å². The number of ether oxygens (including phenoxy) is 1. The summed E-state index contributed by atoms with van der Waals surface area (Å²) in [6.45, 7) is 8.83. The van der Waals surface area contributed by atoms with Crippen molar-refractivity contribution in [2.45, 2.75) is 51.6 Å². The predicted molar refractivity (Wildman–Crippen MR) is 51.6 cm³/mol. The molecule has 1 saturated heterocycles. The molecule has 3 atom stereocenters. The summed E-state index contributed by atoms with van der Waals surface area (Å²) in [5.41, 5.74) is 0.0248. The molecule has 0 saturated carbocycles. The summed E-state index contributed by atoms with van der Waals surface area (Å²) in [5, 5.41) is 0. The summed E-state index contributed by atoms with van der Waals surface area (Å²) in [6, 6.07) is 0.167. The molecule has 0 N–H and O–H groups in total. The Morgan fingerprint density at radius 3 is 2.15 bits per heavy atom. The smallest absolute Gasteiger partial charge is 0.140 e. The molecule has 0 aromatic rings. The van der Waals surface area contributed by atoms with Crippen LogP contribution in [0.5, 0.6) is 0 Å². The molecule has 13 heavy (non-hydrogen) atoms. The van der Waals surface area contributed by atoms with Crippen LogP contribution in [0.2, 0.25) is 0 Å². The highest BCUT2D eigenvalue weighted by atomic mass is 19.1. The van der Waals surface area contributed by atoms with Crippen molar-refractivity contribution in [1.82, 2.24) is 4.90 Å². The van der Waals surface area contributed by atoms with Gasteiger partial charge in [-0.3, -0.25) is 4.90 Å². The predicted octanol–water partition coefficient (Wildman–Crippen LogP) is 1.84. The zero-order chi connectivity index (χ0) is 10.2. The van der Waals surface area contributed by atoms with E-state index in [1.807, 2.05) is 6.92 Å². The van der Waals surface area contributed by atoms with Crippen molar-refractivity contribution < 1.29 is 9.13 Å². The minimum atomic E-state index is -0.848. The van der Waals surface area contributed by atoms with Gasteiger partial charge in [0.2, 0.25) is 0 Å². The molecular weight excluding hydrogens is 169 g/mol. The fraction of sp³-hybridized carbons (Fsp3) is 1.00. The highest BCUT2D eigenvalue weighted by molar-refractivity contribution is 4.97. The second kappa shape index (κ2) is 3.54. The second-order valence-electron chi connectivity index (χ2n) is 4.78. The van der Waals surface area contributed by atoms with Gasteiger partial charge in [-0.25, -0.2) is 4.39 Å². The molecule has 0 amide bonds. The number of hydrogen-bond donors (Lipinski definition) is 0. The topological polar surface area (TPSA) is 12.5 Å². The Hall–Kier alpha value is -0.150. The monoisotopic (exact) mass is 189 g/mol. The molecule has 1 rings (SSSR count). The second-order valence-corrected chi connectivity index (χ2v) is 4.78. The maximum absolute atomic E-state index is 13.5. The normalized spacial score (nSPS) is 36.9. The molecule has 0 aromatic heterocycles. The number of methoxy groups -OCH3 is 1. The van der Waals surface area contributed by atoms with Gasteiger partial charge in [-0.05, 0) is 27.7 Å². The van der Waals surface area contributed by atoms with Gasteiger partial charge < -0.3 is 4.74 Å². The van der Waals surface area contributed by atoms with Gasteiger partial charge in [0.25, 0.3) is 0 Å². The standard InChI is InChI=1S/C10H20FNO/c1-7-9(13-5)8(11)6-12(7)10(2,3)4/h7-9H,6H2,1-5H3/t7-,8-,9+/m1/s1. The minimum Gasteiger partial charge on any atom is -0.377 e. The lowest BCUT2D eigenvalue weighted by molar-refractivity contribution is 0.0259. The molecule has 1 aliphatic rings. The van der Waals surface area contributed by atoms with E-state index < -0.39 is 6.17 Å². The van der Waals surface area contributed by atoms with Crippen LogP contribution in [0.25, 0.3) is 0 Å². The van der Waals surface area contributed by atoms with Crippen molar-refractivity contribution in [1.29, 1.82) is 0 Å². The Balaban J connectivity index is 2.73. The first-order valence-electron chi connectivity index (χ1n) is 4.81. The van der Waals surface area contributed by atoms with Crippen molar-refractivity contribution in [3.05, 3.63) is 0 Å².